The van der Waals surface area contributed by atoms with Crippen molar-refractivity contribution in [2.75, 3.05) is 0 Å². The van der Waals surface area contributed by atoms with Crippen LogP contribution in [0.3, 0.4) is 0 Å². The van der Waals surface area contributed by atoms with Gasteiger partial charge < -0.3 is 6.15 Å². The van der Waals surface area contributed by atoms with Crippen LogP contribution < -0.4 is 6.15 Å². The molecule has 4 N–H and O–H groups in total. The second kappa shape index (κ2) is 4.41. The van der Waals surface area contributed by atoms with Gasteiger partial charge in [0.2, 0.25) is 0 Å². The van der Waals surface area contributed by atoms with Crippen LogP contribution in [0.15, 0.2) is 0 Å². The lowest BCUT2D eigenvalue weighted by Gasteiger charge is -2.31. The van der Waals surface area contributed by atoms with E-state index in [2.05, 4.69) is 0 Å². The van der Waals surface area contributed by atoms with E-state index in [-0.39, 0.29) is 6.15 Å². The minimum Gasteiger partial charge on any atom is -0.344 e. The molecule has 0 aromatic heterocycles. The first-order valence-corrected chi connectivity index (χ1v) is 4.61. The highest BCUT2D eigenvalue weighted by Crippen LogP contribution is 2.54. The lowest BCUT2D eigenvalue weighted by Crippen LogP contribution is -2.63. The normalized spacial score (nSPS) is 15.2. The lowest BCUT2D eigenvalue weighted by molar-refractivity contribution is -0.382. The molecule has 0 atom stereocenters. The molecule has 0 saturated carbocycles. The monoisotopic (exact) mass is 317 g/mol. The van der Waals surface area contributed by atoms with Crippen molar-refractivity contribution in [1.82, 2.24) is 6.15 Å². The van der Waals surface area contributed by atoms with Crippen LogP contribution in [0.25, 0.3) is 0 Å². The molecule has 0 rings (SSSR count). The van der Waals surface area contributed by atoms with Crippen molar-refractivity contribution in [3.8, 4) is 0 Å². The number of halogens is 9. The van der Waals surface area contributed by atoms with Crippen LogP contribution in [0.2, 0.25) is 0 Å². The highest BCUT2D eigenvalue weighted by atomic mass is 32.2. The van der Waals surface area contributed by atoms with Gasteiger partial charge in [0.15, 0.2) is 0 Å². The van der Waals surface area contributed by atoms with Gasteiger partial charge in [-0.3, -0.25) is 4.55 Å². The zero-order chi connectivity index (χ0) is 14.5. The van der Waals surface area contributed by atoms with E-state index < -0.39 is 33.4 Å². The maximum Gasteiger partial charge on any atom is 0.460 e. The van der Waals surface area contributed by atoms with Crippen molar-refractivity contribution in [2.24, 2.45) is 0 Å². The third kappa shape index (κ3) is 2.49. The Morgan fingerprint density at radius 3 is 1.17 bits per heavy atom. The quantitative estimate of drug-likeness (QED) is 0.618. The Hall–Kier alpha value is -0.760. The van der Waals surface area contributed by atoms with Crippen molar-refractivity contribution in [3.05, 3.63) is 0 Å². The summed E-state index contributed by atoms with van der Waals surface area (Å²) in [7, 11) is -7.17. The zero-order valence-electron chi connectivity index (χ0n) is 7.78. The Kier molecular flexibility index (Phi) is 4.80. The molecule has 4 nitrogen and oxygen atoms in total. The molecule has 0 aliphatic heterocycles. The van der Waals surface area contributed by atoms with E-state index in [1.54, 1.807) is 0 Å². The zero-order valence-corrected chi connectivity index (χ0v) is 8.60. The van der Waals surface area contributed by atoms with Gasteiger partial charge in [-0.25, -0.2) is 0 Å². The molecule has 18 heavy (non-hydrogen) atoms. The van der Waals surface area contributed by atoms with Crippen molar-refractivity contribution < 1.29 is 52.5 Å². The predicted octanol–water partition coefficient (Wildman–Crippen LogP) is 2.46. The molecule has 0 aromatic rings. The van der Waals surface area contributed by atoms with Gasteiger partial charge in [-0.15, -0.1) is 0 Å². The lowest BCUT2D eigenvalue weighted by atomic mass is 10.1. The molecule has 0 radical (unpaired) electrons. The summed E-state index contributed by atoms with van der Waals surface area (Å²) < 4.78 is 134. The average molecular weight is 317 g/mol. The van der Waals surface area contributed by atoms with E-state index >= 15 is 0 Å². The Morgan fingerprint density at radius 1 is 0.722 bits per heavy atom. The SMILES string of the molecule is N.O=S(=O)(O)C(F)(F)C(F)(F)C(F)(F)C(F)(F)F. The van der Waals surface area contributed by atoms with Crippen LogP contribution in [0, 0.1) is 0 Å². The summed E-state index contributed by atoms with van der Waals surface area (Å²) in [5.41, 5.74) is 0. The molecule has 0 aliphatic carbocycles. The number of alkyl halides is 9. The molecule has 0 aliphatic rings. The first kappa shape index (κ1) is 19.6. The van der Waals surface area contributed by atoms with Gasteiger partial charge in [0.1, 0.15) is 0 Å². The van der Waals surface area contributed by atoms with E-state index in [1.165, 1.54) is 0 Å². The Morgan fingerprint density at radius 2 is 1.00 bits per heavy atom. The summed E-state index contributed by atoms with van der Waals surface area (Å²) >= 11 is 0. The first-order valence-electron chi connectivity index (χ1n) is 3.17. The van der Waals surface area contributed by atoms with E-state index in [4.69, 9.17) is 4.55 Å². The van der Waals surface area contributed by atoms with Crippen molar-refractivity contribution in [1.29, 1.82) is 0 Å². The van der Waals surface area contributed by atoms with E-state index in [9.17, 15) is 47.9 Å². The predicted molar refractivity (Wildman–Crippen MR) is 37.5 cm³/mol. The summed E-state index contributed by atoms with van der Waals surface area (Å²) in [5, 5.41) is -7.00. The fourth-order valence-corrected chi connectivity index (χ4v) is 0.975. The summed E-state index contributed by atoms with van der Waals surface area (Å²) in [5.74, 6) is -14.7. The Bertz CT molecular complexity index is 399. The number of hydrogen-bond donors (Lipinski definition) is 2. The number of hydrogen-bond acceptors (Lipinski definition) is 3. The van der Waals surface area contributed by atoms with E-state index in [1.807, 2.05) is 0 Å². The molecule has 0 amide bonds. The standard InChI is InChI=1S/C4HF9O3S.H3N/c5-1(6,3(9,10)11)2(7,8)4(12,13)17(14,15)16;/h(H,14,15,16);1H3. The molecule has 0 heterocycles. The minimum absolute atomic E-state index is 0. The maximum atomic E-state index is 12.2. The van der Waals surface area contributed by atoms with Gasteiger partial charge in [-0.05, 0) is 0 Å². The average Bonchev–Trinajstić information content (AvgIpc) is 1.98. The second-order valence-electron chi connectivity index (χ2n) is 2.64. The second-order valence-corrected chi connectivity index (χ2v) is 4.10. The third-order valence-electron chi connectivity index (χ3n) is 1.44. The summed E-state index contributed by atoms with van der Waals surface area (Å²) in [6, 6.07) is 0. The molecule has 0 saturated heterocycles. The third-order valence-corrected chi connectivity index (χ3v) is 2.34. The fraction of sp³-hybridized carbons (Fsp3) is 1.00. The van der Waals surface area contributed by atoms with E-state index in [0.29, 0.717) is 0 Å². The Labute approximate surface area is 93.1 Å². The van der Waals surface area contributed by atoms with Crippen LogP contribution in [-0.2, 0) is 10.1 Å². The molecule has 0 bridgehead atoms. The van der Waals surface area contributed by atoms with Crippen LogP contribution in [-0.4, -0.2) is 36.2 Å². The highest BCUT2D eigenvalue weighted by molar-refractivity contribution is 7.87. The molecule has 0 aromatic carbocycles. The van der Waals surface area contributed by atoms with Crippen molar-refractivity contribution >= 4 is 10.1 Å². The van der Waals surface area contributed by atoms with Gasteiger partial charge in [-0.2, -0.15) is 47.9 Å². The van der Waals surface area contributed by atoms with Crippen molar-refractivity contribution in [2.45, 2.75) is 23.3 Å². The van der Waals surface area contributed by atoms with Crippen LogP contribution in [0.5, 0.6) is 0 Å². The van der Waals surface area contributed by atoms with Gasteiger partial charge in [0.05, 0.1) is 0 Å². The Balaban J connectivity index is 0. The fourth-order valence-electron chi connectivity index (χ4n) is 0.523. The van der Waals surface area contributed by atoms with Crippen LogP contribution in [0.4, 0.5) is 39.5 Å². The van der Waals surface area contributed by atoms with Crippen LogP contribution >= 0.6 is 0 Å². The van der Waals surface area contributed by atoms with Crippen LogP contribution in [0.1, 0.15) is 0 Å². The molecule has 14 heteroatoms. The van der Waals surface area contributed by atoms with Crippen molar-refractivity contribution in [3.63, 3.8) is 0 Å². The summed E-state index contributed by atoms with van der Waals surface area (Å²) in [6.45, 7) is 0. The number of rotatable bonds is 3. The topological polar surface area (TPSA) is 89.4 Å². The van der Waals surface area contributed by atoms with Gasteiger partial charge in [0, 0.05) is 0 Å². The van der Waals surface area contributed by atoms with Gasteiger partial charge in [-0.1, -0.05) is 0 Å². The van der Waals surface area contributed by atoms with Gasteiger partial charge >= 0.3 is 33.4 Å². The first-order chi connectivity index (χ1) is 7.00. The smallest absolute Gasteiger partial charge is 0.344 e. The highest BCUT2D eigenvalue weighted by Gasteiger charge is 2.85. The molecule has 0 unspecified atom stereocenters. The van der Waals surface area contributed by atoms with Gasteiger partial charge in [0.25, 0.3) is 0 Å². The molecular formula is C4H4F9NO3S. The molecule has 0 spiro atoms. The maximum absolute atomic E-state index is 12.2. The molecular weight excluding hydrogens is 313 g/mol. The van der Waals surface area contributed by atoms with E-state index in [0.717, 1.165) is 0 Å². The largest absolute Gasteiger partial charge is 0.460 e. The molecule has 112 valence electrons. The summed E-state index contributed by atoms with van der Waals surface area (Å²) in [4.78, 5) is 0. The minimum atomic E-state index is -7.37. The summed E-state index contributed by atoms with van der Waals surface area (Å²) in [6.07, 6.45) is -7.13. The molecule has 0 fully saturated rings.